The van der Waals surface area contributed by atoms with Crippen LogP contribution in [0.25, 0.3) is 0 Å². The van der Waals surface area contributed by atoms with E-state index in [0.717, 1.165) is 55.8 Å². The molecule has 2 atom stereocenters. The number of aliphatic imine (C=N–C) groups is 1. The third-order valence-electron chi connectivity index (χ3n) is 5.03. The van der Waals surface area contributed by atoms with Crippen LogP contribution in [0.5, 0.6) is 0 Å². The fraction of sp³-hybridized carbons (Fsp3) is 0.565. The average molecular weight is 430 g/mol. The van der Waals surface area contributed by atoms with Crippen molar-refractivity contribution in [3.05, 3.63) is 51.5 Å². The van der Waals surface area contributed by atoms with Gasteiger partial charge >= 0.3 is 0 Å². The molecule has 0 amide bonds. The van der Waals surface area contributed by atoms with Gasteiger partial charge in [-0.1, -0.05) is 24.3 Å². The van der Waals surface area contributed by atoms with E-state index in [1.165, 1.54) is 11.1 Å². The van der Waals surface area contributed by atoms with Crippen LogP contribution in [-0.4, -0.2) is 54.2 Å². The van der Waals surface area contributed by atoms with E-state index in [1.807, 2.05) is 6.92 Å². The lowest BCUT2D eigenvalue weighted by molar-refractivity contribution is -0.0704. The van der Waals surface area contributed by atoms with Crippen molar-refractivity contribution in [2.45, 2.75) is 59.4 Å². The van der Waals surface area contributed by atoms with Gasteiger partial charge in [0, 0.05) is 44.5 Å². The predicted molar refractivity (Wildman–Crippen MR) is 125 cm³/mol. The highest BCUT2D eigenvalue weighted by atomic mass is 32.1. The molecular weight excluding hydrogens is 394 g/mol. The normalized spacial score (nSPS) is 20.3. The standard InChI is InChI=1S/C23H35N5OS/c1-5-24-23(25-11-10-22-16-30-19(4)27-22)26-12-20-6-8-21(9-7-20)15-28-13-17(2)29-18(3)14-28/h6-9,16-18H,5,10-15H2,1-4H3,(H2,24,25,26). The third kappa shape index (κ3) is 7.38. The van der Waals surface area contributed by atoms with Gasteiger partial charge in [0.1, 0.15) is 0 Å². The van der Waals surface area contributed by atoms with E-state index in [4.69, 9.17) is 9.73 Å². The van der Waals surface area contributed by atoms with Crippen LogP contribution in [0.15, 0.2) is 34.6 Å². The summed E-state index contributed by atoms with van der Waals surface area (Å²) in [5, 5.41) is 9.97. The van der Waals surface area contributed by atoms with Crippen molar-refractivity contribution in [2.24, 2.45) is 4.99 Å². The summed E-state index contributed by atoms with van der Waals surface area (Å²) in [7, 11) is 0. The van der Waals surface area contributed by atoms with E-state index in [-0.39, 0.29) is 0 Å². The number of hydrogen-bond acceptors (Lipinski definition) is 5. The minimum Gasteiger partial charge on any atom is -0.373 e. The molecule has 2 unspecified atom stereocenters. The Bertz CT molecular complexity index is 794. The molecule has 0 spiro atoms. The molecule has 1 aromatic carbocycles. The molecule has 2 heterocycles. The maximum absolute atomic E-state index is 5.83. The Hall–Kier alpha value is -1.96. The van der Waals surface area contributed by atoms with Crippen LogP contribution < -0.4 is 10.6 Å². The molecule has 0 aliphatic carbocycles. The van der Waals surface area contributed by atoms with Crippen molar-refractivity contribution >= 4 is 17.3 Å². The third-order valence-corrected chi connectivity index (χ3v) is 5.85. The molecule has 30 heavy (non-hydrogen) atoms. The Kier molecular flexibility index (Phi) is 8.66. The summed E-state index contributed by atoms with van der Waals surface area (Å²) < 4.78 is 5.83. The largest absolute Gasteiger partial charge is 0.373 e. The number of ether oxygens (including phenoxy) is 1. The van der Waals surface area contributed by atoms with Crippen LogP contribution in [0.1, 0.15) is 42.6 Å². The molecule has 1 aliphatic heterocycles. The summed E-state index contributed by atoms with van der Waals surface area (Å²) in [6, 6.07) is 8.82. The molecule has 6 nitrogen and oxygen atoms in total. The molecule has 0 radical (unpaired) electrons. The van der Waals surface area contributed by atoms with Crippen LogP contribution in [0.2, 0.25) is 0 Å². The van der Waals surface area contributed by atoms with E-state index in [1.54, 1.807) is 11.3 Å². The fourth-order valence-electron chi connectivity index (χ4n) is 3.77. The maximum Gasteiger partial charge on any atom is 0.191 e. The second kappa shape index (κ2) is 11.4. The first-order valence-electron chi connectivity index (χ1n) is 10.9. The highest BCUT2D eigenvalue weighted by molar-refractivity contribution is 7.09. The summed E-state index contributed by atoms with van der Waals surface area (Å²) >= 11 is 1.70. The van der Waals surface area contributed by atoms with E-state index in [2.05, 4.69) is 70.9 Å². The van der Waals surface area contributed by atoms with Crippen molar-refractivity contribution in [1.82, 2.24) is 20.5 Å². The van der Waals surface area contributed by atoms with Crippen molar-refractivity contribution < 1.29 is 4.74 Å². The number of rotatable bonds is 8. The molecule has 3 rings (SSSR count). The number of aromatic nitrogens is 1. The molecule has 1 saturated heterocycles. The van der Waals surface area contributed by atoms with Crippen molar-refractivity contribution in [2.75, 3.05) is 26.2 Å². The van der Waals surface area contributed by atoms with Gasteiger partial charge in [-0.25, -0.2) is 9.98 Å². The van der Waals surface area contributed by atoms with Gasteiger partial charge in [-0.05, 0) is 38.8 Å². The lowest BCUT2D eigenvalue weighted by Crippen LogP contribution is -2.44. The quantitative estimate of drug-likeness (QED) is 0.498. The maximum atomic E-state index is 5.83. The number of benzene rings is 1. The minimum absolute atomic E-state index is 0.305. The smallest absolute Gasteiger partial charge is 0.191 e. The molecule has 2 aromatic rings. The molecule has 164 valence electrons. The van der Waals surface area contributed by atoms with Crippen LogP contribution in [0, 0.1) is 6.92 Å². The lowest BCUT2D eigenvalue weighted by atomic mass is 10.1. The minimum atomic E-state index is 0.305. The summed E-state index contributed by atoms with van der Waals surface area (Å²) in [4.78, 5) is 11.7. The average Bonchev–Trinajstić information content (AvgIpc) is 3.11. The molecule has 0 saturated carbocycles. The van der Waals surface area contributed by atoms with Gasteiger partial charge in [0.2, 0.25) is 0 Å². The number of thiazole rings is 1. The monoisotopic (exact) mass is 429 g/mol. The summed E-state index contributed by atoms with van der Waals surface area (Å²) in [5.74, 6) is 0.852. The first-order valence-corrected chi connectivity index (χ1v) is 11.8. The SMILES string of the molecule is CCNC(=NCc1ccc(CN2CC(C)OC(C)C2)cc1)NCCc1csc(C)n1. The Morgan fingerprint density at radius 2 is 1.87 bits per heavy atom. The number of aryl methyl sites for hydroxylation is 1. The van der Waals surface area contributed by atoms with Crippen LogP contribution in [0.4, 0.5) is 0 Å². The molecule has 0 bridgehead atoms. The van der Waals surface area contributed by atoms with E-state index >= 15 is 0 Å². The Morgan fingerprint density at radius 3 is 2.50 bits per heavy atom. The van der Waals surface area contributed by atoms with Crippen molar-refractivity contribution in [1.29, 1.82) is 0 Å². The zero-order valence-electron chi connectivity index (χ0n) is 18.6. The van der Waals surface area contributed by atoms with E-state index < -0.39 is 0 Å². The summed E-state index contributed by atoms with van der Waals surface area (Å²) in [6.45, 7) is 13.7. The predicted octanol–water partition coefficient (Wildman–Crippen LogP) is 3.36. The summed E-state index contributed by atoms with van der Waals surface area (Å²) in [6.07, 6.45) is 1.51. The van der Waals surface area contributed by atoms with Crippen LogP contribution >= 0.6 is 11.3 Å². The van der Waals surface area contributed by atoms with Gasteiger partial charge < -0.3 is 15.4 Å². The topological polar surface area (TPSA) is 61.8 Å². The Morgan fingerprint density at radius 1 is 1.17 bits per heavy atom. The molecule has 2 N–H and O–H groups in total. The zero-order valence-corrected chi connectivity index (χ0v) is 19.5. The highest BCUT2D eigenvalue weighted by Gasteiger charge is 2.21. The van der Waals surface area contributed by atoms with Crippen molar-refractivity contribution in [3.8, 4) is 0 Å². The molecule has 1 aromatic heterocycles. The van der Waals surface area contributed by atoms with Gasteiger partial charge in [0.15, 0.2) is 5.96 Å². The van der Waals surface area contributed by atoms with Gasteiger partial charge in [0.25, 0.3) is 0 Å². The Balaban J connectivity index is 1.48. The number of nitrogens with one attached hydrogen (secondary N) is 2. The molecular formula is C23H35N5OS. The number of morpholine rings is 1. The summed E-state index contributed by atoms with van der Waals surface area (Å²) in [5.41, 5.74) is 3.70. The van der Waals surface area contributed by atoms with E-state index in [9.17, 15) is 0 Å². The second-order valence-corrected chi connectivity index (χ2v) is 9.06. The van der Waals surface area contributed by atoms with E-state index in [0.29, 0.717) is 18.8 Å². The first-order chi connectivity index (χ1) is 14.5. The van der Waals surface area contributed by atoms with Gasteiger partial charge in [-0.15, -0.1) is 11.3 Å². The van der Waals surface area contributed by atoms with Crippen LogP contribution in [-0.2, 0) is 24.2 Å². The molecule has 1 fully saturated rings. The van der Waals surface area contributed by atoms with Gasteiger partial charge in [0.05, 0.1) is 29.5 Å². The zero-order chi connectivity index (χ0) is 21.3. The lowest BCUT2D eigenvalue weighted by Gasteiger charge is -2.35. The first kappa shape index (κ1) is 22.7. The molecule has 7 heteroatoms. The number of guanidine groups is 1. The molecule has 1 aliphatic rings. The number of hydrogen-bond donors (Lipinski definition) is 2. The fourth-order valence-corrected chi connectivity index (χ4v) is 4.41. The second-order valence-electron chi connectivity index (χ2n) is 8.00. The van der Waals surface area contributed by atoms with Gasteiger partial charge in [-0.3, -0.25) is 4.90 Å². The number of nitrogens with zero attached hydrogens (tertiary/aromatic N) is 3. The van der Waals surface area contributed by atoms with Gasteiger partial charge in [-0.2, -0.15) is 0 Å². The Labute approximate surface area is 184 Å². The van der Waals surface area contributed by atoms with Crippen molar-refractivity contribution in [3.63, 3.8) is 0 Å². The highest BCUT2D eigenvalue weighted by Crippen LogP contribution is 2.15. The van der Waals surface area contributed by atoms with Crippen LogP contribution in [0.3, 0.4) is 0 Å².